The van der Waals surface area contributed by atoms with E-state index in [-0.39, 0.29) is 0 Å². The number of hydrogen-bond acceptors (Lipinski definition) is 3. The molecule has 1 N–H and O–H groups in total. The van der Waals surface area contributed by atoms with Gasteiger partial charge in [0, 0.05) is 43.8 Å². The van der Waals surface area contributed by atoms with Crippen LogP contribution < -0.4 is 5.32 Å². The van der Waals surface area contributed by atoms with Crippen molar-refractivity contribution in [2.75, 3.05) is 11.9 Å². The minimum absolute atomic E-state index is 0.906. The molecule has 4 heteroatoms. The maximum atomic E-state index is 4.32. The number of aryl methyl sites for hydroxylation is 2. The molecule has 90 valence electrons. The quantitative estimate of drug-likeness (QED) is 0.828. The van der Waals surface area contributed by atoms with Gasteiger partial charge in [0.25, 0.3) is 0 Å². The van der Waals surface area contributed by atoms with E-state index in [1.54, 1.807) is 0 Å². The Morgan fingerprint density at radius 3 is 2.94 bits per heavy atom. The van der Waals surface area contributed by atoms with Crippen molar-refractivity contribution in [3.8, 4) is 0 Å². The van der Waals surface area contributed by atoms with Gasteiger partial charge in [-0.15, -0.1) is 0 Å². The highest BCUT2D eigenvalue weighted by Gasteiger charge is 2.01. The Morgan fingerprint density at radius 2 is 2.18 bits per heavy atom. The summed E-state index contributed by atoms with van der Waals surface area (Å²) in [6.07, 6.45) is 7.70. The lowest BCUT2D eigenvalue weighted by Crippen LogP contribution is -2.09. The van der Waals surface area contributed by atoms with E-state index in [0.29, 0.717) is 0 Å². The van der Waals surface area contributed by atoms with Gasteiger partial charge in [-0.25, -0.2) is 4.98 Å². The first-order valence-electron chi connectivity index (χ1n) is 6.05. The maximum absolute atomic E-state index is 4.32. The van der Waals surface area contributed by atoms with Crippen LogP contribution in [-0.4, -0.2) is 21.1 Å². The third-order valence-corrected chi connectivity index (χ3v) is 2.58. The van der Waals surface area contributed by atoms with Crippen molar-refractivity contribution in [2.24, 2.45) is 0 Å². The second-order valence-corrected chi connectivity index (χ2v) is 3.94. The van der Waals surface area contributed by atoms with Gasteiger partial charge in [-0.2, -0.15) is 0 Å². The van der Waals surface area contributed by atoms with Gasteiger partial charge in [0.1, 0.15) is 0 Å². The van der Waals surface area contributed by atoms with Gasteiger partial charge in [-0.3, -0.25) is 4.98 Å². The van der Waals surface area contributed by atoms with Crippen molar-refractivity contribution in [3.05, 3.63) is 42.5 Å². The van der Waals surface area contributed by atoms with E-state index in [2.05, 4.69) is 32.8 Å². The molecule has 0 aliphatic carbocycles. The minimum Gasteiger partial charge on any atom is -0.356 e. The first-order valence-corrected chi connectivity index (χ1v) is 6.05. The van der Waals surface area contributed by atoms with E-state index in [9.17, 15) is 0 Å². The molecule has 0 aliphatic heterocycles. The van der Waals surface area contributed by atoms with Crippen molar-refractivity contribution in [1.82, 2.24) is 14.5 Å². The fourth-order valence-corrected chi connectivity index (χ4v) is 1.67. The monoisotopic (exact) mass is 230 g/mol. The van der Waals surface area contributed by atoms with Gasteiger partial charge in [0.15, 0.2) is 0 Å². The van der Waals surface area contributed by atoms with Gasteiger partial charge >= 0.3 is 0 Å². The molecule has 2 aromatic rings. The molecule has 2 aromatic heterocycles. The fraction of sp³-hybridized carbons (Fsp3) is 0.385. The zero-order valence-electron chi connectivity index (χ0n) is 10.1. The Labute approximate surface area is 102 Å². The number of nitrogens with zero attached hydrogens (tertiary/aromatic N) is 3. The van der Waals surface area contributed by atoms with E-state index >= 15 is 0 Å². The highest BCUT2D eigenvalue weighted by atomic mass is 15.2. The lowest BCUT2D eigenvalue weighted by Gasteiger charge is -2.08. The van der Waals surface area contributed by atoms with E-state index in [1.165, 1.54) is 0 Å². The summed E-state index contributed by atoms with van der Waals surface area (Å²) in [4.78, 5) is 8.61. The summed E-state index contributed by atoms with van der Waals surface area (Å²) >= 11 is 0. The summed E-state index contributed by atoms with van der Waals surface area (Å²) in [6, 6.07) is 6.01. The first-order chi connectivity index (χ1) is 8.40. The lowest BCUT2D eigenvalue weighted by atomic mass is 10.3. The zero-order chi connectivity index (χ0) is 11.9. The predicted molar refractivity (Wildman–Crippen MR) is 68.9 cm³/mol. The number of hydrogen-bond donors (Lipinski definition) is 1. The molecule has 0 atom stereocenters. The number of nitrogens with one attached hydrogen (secondary N) is 1. The molecule has 0 radical (unpaired) electrons. The smallest absolute Gasteiger partial charge is 0.202 e. The molecular formula is C13H18N4. The number of imidazole rings is 1. The minimum atomic E-state index is 0.906. The Morgan fingerprint density at radius 1 is 1.24 bits per heavy atom. The summed E-state index contributed by atoms with van der Waals surface area (Å²) in [7, 11) is 0. The molecule has 2 rings (SSSR count). The lowest BCUT2D eigenvalue weighted by molar-refractivity contribution is 0.687. The van der Waals surface area contributed by atoms with E-state index < -0.39 is 0 Å². The maximum Gasteiger partial charge on any atom is 0.202 e. The molecule has 17 heavy (non-hydrogen) atoms. The Balaban J connectivity index is 1.92. The topological polar surface area (TPSA) is 42.7 Å². The highest BCUT2D eigenvalue weighted by Crippen LogP contribution is 2.06. The van der Waals surface area contributed by atoms with Crippen molar-refractivity contribution in [2.45, 2.75) is 26.3 Å². The normalized spacial score (nSPS) is 10.4. The average Bonchev–Trinajstić information content (AvgIpc) is 2.82. The van der Waals surface area contributed by atoms with Crippen LogP contribution >= 0.6 is 0 Å². The van der Waals surface area contributed by atoms with Crippen LogP contribution in [0.25, 0.3) is 0 Å². The van der Waals surface area contributed by atoms with Crippen molar-refractivity contribution < 1.29 is 0 Å². The molecule has 4 nitrogen and oxygen atoms in total. The number of anilines is 1. The molecule has 2 heterocycles. The number of aromatic nitrogens is 3. The van der Waals surface area contributed by atoms with Crippen molar-refractivity contribution in [3.63, 3.8) is 0 Å². The highest BCUT2D eigenvalue weighted by molar-refractivity contribution is 5.25. The van der Waals surface area contributed by atoms with Crippen LogP contribution in [0.2, 0.25) is 0 Å². The molecule has 0 saturated carbocycles. The van der Waals surface area contributed by atoms with E-state index in [1.807, 2.05) is 30.7 Å². The third-order valence-electron chi connectivity index (χ3n) is 2.58. The predicted octanol–water partition coefficient (Wildman–Crippen LogP) is 2.34. The molecule has 0 amide bonds. The molecule has 0 unspecified atom stereocenters. The second-order valence-electron chi connectivity index (χ2n) is 3.94. The standard InChI is InChI=1S/C13H18N4/c1-2-7-15-13-16-9-11-17(13)10-6-12-5-3-4-8-14-12/h3-5,8-9,11H,2,6-7,10H2,1H3,(H,15,16). The molecule has 0 aromatic carbocycles. The molecule has 0 fully saturated rings. The molecule has 0 spiro atoms. The average molecular weight is 230 g/mol. The molecule has 0 aliphatic rings. The first kappa shape index (κ1) is 11.6. The Kier molecular flexibility index (Phi) is 4.13. The summed E-state index contributed by atoms with van der Waals surface area (Å²) in [5.41, 5.74) is 1.11. The summed E-state index contributed by atoms with van der Waals surface area (Å²) < 4.78 is 2.13. The van der Waals surface area contributed by atoms with Crippen molar-refractivity contribution >= 4 is 5.95 Å². The molecule has 0 bridgehead atoms. The molecule has 0 saturated heterocycles. The SMILES string of the molecule is CCCNc1nccn1CCc1ccccn1. The van der Waals surface area contributed by atoms with Crippen LogP contribution in [0.4, 0.5) is 5.95 Å². The Hall–Kier alpha value is -1.84. The van der Waals surface area contributed by atoms with Gasteiger partial charge in [0.2, 0.25) is 5.95 Å². The van der Waals surface area contributed by atoms with Crippen LogP contribution in [0.15, 0.2) is 36.8 Å². The van der Waals surface area contributed by atoms with Crippen LogP contribution in [0.3, 0.4) is 0 Å². The summed E-state index contributed by atoms with van der Waals surface area (Å²) in [6.45, 7) is 4.01. The van der Waals surface area contributed by atoms with Gasteiger partial charge in [-0.1, -0.05) is 13.0 Å². The largest absolute Gasteiger partial charge is 0.356 e. The van der Waals surface area contributed by atoms with E-state index in [0.717, 1.165) is 37.6 Å². The second kappa shape index (κ2) is 6.03. The van der Waals surface area contributed by atoms with Crippen LogP contribution in [-0.2, 0) is 13.0 Å². The van der Waals surface area contributed by atoms with Gasteiger partial charge in [0.05, 0.1) is 0 Å². The van der Waals surface area contributed by atoms with Gasteiger partial charge < -0.3 is 9.88 Å². The van der Waals surface area contributed by atoms with E-state index in [4.69, 9.17) is 0 Å². The summed E-state index contributed by atoms with van der Waals surface area (Å²) in [5, 5.41) is 3.31. The van der Waals surface area contributed by atoms with Crippen LogP contribution in [0, 0.1) is 0 Å². The number of rotatable bonds is 6. The fourth-order valence-electron chi connectivity index (χ4n) is 1.67. The van der Waals surface area contributed by atoms with Crippen molar-refractivity contribution in [1.29, 1.82) is 0 Å². The zero-order valence-corrected chi connectivity index (χ0v) is 10.1. The van der Waals surface area contributed by atoms with Gasteiger partial charge in [-0.05, 0) is 18.6 Å². The summed E-state index contributed by atoms with van der Waals surface area (Å²) in [5.74, 6) is 0.947. The van der Waals surface area contributed by atoms with Crippen LogP contribution in [0.1, 0.15) is 19.0 Å². The molecular weight excluding hydrogens is 212 g/mol. The number of pyridine rings is 1. The third kappa shape index (κ3) is 3.31. The Bertz CT molecular complexity index is 436. The van der Waals surface area contributed by atoms with Crippen LogP contribution in [0.5, 0.6) is 0 Å².